The second-order valence-electron chi connectivity index (χ2n) is 6.21. The number of thiol groups is 1. The molecule has 0 saturated carbocycles. The number of aryl methyl sites for hydroxylation is 2. The van der Waals surface area contributed by atoms with Crippen LogP contribution in [0.4, 0.5) is 0 Å². The Hall–Kier alpha value is -1.00. The van der Waals surface area contributed by atoms with Gasteiger partial charge in [-0.3, -0.25) is 4.79 Å². The van der Waals surface area contributed by atoms with E-state index in [2.05, 4.69) is 56.1 Å². The summed E-state index contributed by atoms with van der Waals surface area (Å²) in [5, 5.41) is 3.27. The maximum absolute atomic E-state index is 11.8. The molecule has 0 radical (unpaired) electrons. The first kappa shape index (κ1) is 19.0. The molecule has 1 rings (SSSR count). The fourth-order valence-corrected chi connectivity index (χ4v) is 2.79. The van der Waals surface area contributed by atoms with Crippen molar-refractivity contribution in [2.75, 3.05) is 13.1 Å². The average Bonchev–Trinajstić information content (AvgIpc) is 2.49. The van der Waals surface area contributed by atoms with Gasteiger partial charge in [0.05, 0.1) is 0 Å². The van der Waals surface area contributed by atoms with E-state index in [9.17, 15) is 4.79 Å². The Balaban J connectivity index is 2.09. The van der Waals surface area contributed by atoms with E-state index in [1.165, 1.54) is 11.1 Å². The zero-order chi connectivity index (χ0) is 16.4. The maximum atomic E-state index is 11.8. The number of hydrogen-bond acceptors (Lipinski definition) is 3. The van der Waals surface area contributed by atoms with Gasteiger partial charge >= 0.3 is 0 Å². The molecule has 2 unspecified atom stereocenters. The van der Waals surface area contributed by atoms with Crippen LogP contribution in [0.3, 0.4) is 0 Å². The summed E-state index contributed by atoms with van der Waals surface area (Å²) >= 11 is 4.41. The lowest BCUT2D eigenvalue weighted by Crippen LogP contribution is -2.26. The van der Waals surface area contributed by atoms with Crippen molar-refractivity contribution < 1.29 is 4.79 Å². The van der Waals surface area contributed by atoms with E-state index in [4.69, 9.17) is 5.73 Å². The molecule has 3 nitrogen and oxygen atoms in total. The molecule has 4 heteroatoms. The zero-order valence-corrected chi connectivity index (χ0v) is 14.7. The molecule has 3 N–H and O–H groups in total. The number of carbonyl (C=O) groups is 1. The van der Waals surface area contributed by atoms with Gasteiger partial charge in [0.25, 0.3) is 0 Å². The van der Waals surface area contributed by atoms with E-state index < -0.39 is 0 Å². The second-order valence-corrected chi connectivity index (χ2v) is 6.94. The Labute approximate surface area is 140 Å². The van der Waals surface area contributed by atoms with Crippen LogP contribution in [0.5, 0.6) is 0 Å². The van der Waals surface area contributed by atoms with Gasteiger partial charge in [-0.05, 0) is 44.1 Å². The van der Waals surface area contributed by atoms with Gasteiger partial charge in [0.1, 0.15) is 0 Å². The summed E-state index contributed by atoms with van der Waals surface area (Å²) in [6.45, 7) is 5.62. The summed E-state index contributed by atoms with van der Waals surface area (Å²) in [6, 6.07) is 8.51. The highest BCUT2D eigenvalue weighted by atomic mass is 32.1. The standard InChI is InChI=1S/C18H30N2OS/c1-14-6-8-16(9-7-14)4-3-5-18(21)20-11-10-15(2)12-17(22)13-19/h6-9,15,17,22H,3-5,10-13,19H2,1-2H3,(H,20,21). The Bertz CT molecular complexity index is 433. The molecule has 0 aliphatic rings. The number of nitrogens with one attached hydrogen (secondary N) is 1. The number of nitrogens with two attached hydrogens (primary N) is 1. The number of benzene rings is 1. The third-order valence-corrected chi connectivity index (χ3v) is 4.32. The SMILES string of the molecule is Cc1ccc(CCCC(=O)NCCC(C)CC(S)CN)cc1. The minimum absolute atomic E-state index is 0.153. The molecule has 0 aromatic heterocycles. The van der Waals surface area contributed by atoms with Gasteiger partial charge < -0.3 is 11.1 Å². The van der Waals surface area contributed by atoms with E-state index in [1.807, 2.05) is 0 Å². The number of amides is 1. The van der Waals surface area contributed by atoms with Crippen LogP contribution in [-0.2, 0) is 11.2 Å². The highest BCUT2D eigenvalue weighted by Crippen LogP contribution is 2.13. The van der Waals surface area contributed by atoms with Gasteiger partial charge in [0.2, 0.25) is 5.91 Å². The molecule has 0 saturated heterocycles. The van der Waals surface area contributed by atoms with Gasteiger partial charge in [-0.25, -0.2) is 0 Å². The third-order valence-electron chi connectivity index (χ3n) is 3.90. The smallest absolute Gasteiger partial charge is 0.220 e. The van der Waals surface area contributed by atoms with Gasteiger partial charge in [-0.1, -0.05) is 36.8 Å². The van der Waals surface area contributed by atoms with Gasteiger partial charge in [-0.15, -0.1) is 0 Å². The summed E-state index contributed by atoms with van der Waals surface area (Å²) in [5.41, 5.74) is 8.13. The first-order valence-corrected chi connectivity index (χ1v) is 8.73. The zero-order valence-electron chi connectivity index (χ0n) is 13.8. The van der Waals surface area contributed by atoms with Gasteiger partial charge in [-0.2, -0.15) is 12.6 Å². The predicted molar refractivity (Wildman–Crippen MR) is 97.4 cm³/mol. The van der Waals surface area contributed by atoms with Crippen LogP contribution in [0.15, 0.2) is 24.3 Å². The average molecular weight is 323 g/mol. The molecule has 124 valence electrons. The van der Waals surface area contributed by atoms with Crippen molar-refractivity contribution in [1.29, 1.82) is 0 Å². The summed E-state index contributed by atoms with van der Waals surface area (Å²) in [6.07, 6.45) is 4.45. The van der Waals surface area contributed by atoms with Crippen LogP contribution in [0.25, 0.3) is 0 Å². The lowest BCUT2D eigenvalue weighted by molar-refractivity contribution is -0.121. The predicted octanol–water partition coefficient (Wildman–Crippen LogP) is 3.11. The van der Waals surface area contributed by atoms with E-state index >= 15 is 0 Å². The molecule has 22 heavy (non-hydrogen) atoms. The van der Waals surface area contributed by atoms with Crippen LogP contribution in [0.2, 0.25) is 0 Å². The molecule has 0 aliphatic heterocycles. The van der Waals surface area contributed by atoms with Crippen molar-refractivity contribution >= 4 is 18.5 Å². The Morgan fingerprint density at radius 1 is 1.32 bits per heavy atom. The molecule has 0 heterocycles. The monoisotopic (exact) mass is 322 g/mol. The number of hydrogen-bond donors (Lipinski definition) is 3. The molecule has 1 amide bonds. The topological polar surface area (TPSA) is 55.1 Å². The first-order chi connectivity index (χ1) is 10.5. The number of carbonyl (C=O) groups excluding carboxylic acids is 1. The quantitative estimate of drug-likeness (QED) is 0.580. The first-order valence-electron chi connectivity index (χ1n) is 8.21. The molecule has 0 aliphatic carbocycles. The maximum Gasteiger partial charge on any atom is 0.220 e. The van der Waals surface area contributed by atoms with Crippen LogP contribution in [0, 0.1) is 12.8 Å². The van der Waals surface area contributed by atoms with Crippen LogP contribution >= 0.6 is 12.6 Å². The van der Waals surface area contributed by atoms with E-state index in [-0.39, 0.29) is 11.2 Å². The molecule has 2 atom stereocenters. The van der Waals surface area contributed by atoms with E-state index in [0.29, 0.717) is 18.9 Å². The van der Waals surface area contributed by atoms with Crippen molar-refractivity contribution in [3.63, 3.8) is 0 Å². The number of rotatable bonds is 10. The van der Waals surface area contributed by atoms with Crippen molar-refractivity contribution in [3.8, 4) is 0 Å². The Morgan fingerprint density at radius 3 is 2.64 bits per heavy atom. The summed E-state index contributed by atoms with van der Waals surface area (Å²) in [7, 11) is 0. The van der Waals surface area contributed by atoms with Gasteiger partial charge in [0.15, 0.2) is 0 Å². The summed E-state index contributed by atoms with van der Waals surface area (Å²) < 4.78 is 0. The van der Waals surface area contributed by atoms with E-state index in [0.717, 1.165) is 32.2 Å². The van der Waals surface area contributed by atoms with Crippen LogP contribution < -0.4 is 11.1 Å². The highest BCUT2D eigenvalue weighted by Gasteiger charge is 2.08. The minimum atomic E-state index is 0.153. The van der Waals surface area contributed by atoms with Crippen LogP contribution in [-0.4, -0.2) is 24.2 Å². The molecule has 0 bridgehead atoms. The normalized spacial score (nSPS) is 13.6. The molecule has 1 aromatic rings. The second kappa shape index (κ2) is 10.7. The minimum Gasteiger partial charge on any atom is -0.356 e. The van der Waals surface area contributed by atoms with Crippen molar-refractivity contribution in [2.24, 2.45) is 11.7 Å². The lowest BCUT2D eigenvalue weighted by atomic mass is 10.0. The third kappa shape index (κ3) is 8.44. The van der Waals surface area contributed by atoms with Crippen LogP contribution in [0.1, 0.15) is 43.7 Å². The molecule has 0 spiro atoms. The molecular formula is C18H30N2OS. The summed E-state index contributed by atoms with van der Waals surface area (Å²) in [4.78, 5) is 11.8. The molecule has 0 fully saturated rings. The highest BCUT2D eigenvalue weighted by molar-refractivity contribution is 7.81. The largest absolute Gasteiger partial charge is 0.356 e. The van der Waals surface area contributed by atoms with Crippen molar-refractivity contribution in [1.82, 2.24) is 5.32 Å². The lowest BCUT2D eigenvalue weighted by Gasteiger charge is -2.15. The van der Waals surface area contributed by atoms with Crippen molar-refractivity contribution in [2.45, 2.75) is 51.2 Å². The fourth-order valence-electron chi connectivity index (χ4n) is 2.43. The van der Waals surface area contributed by atoms with Crippen molar-refractivity contribution in [3.05, 3.63) is 35.4 Å². The van der Waals surface area contributed by atoms with Gasteiger partial charge in [0, 0.05) is 24.8 Å². The fraction of sp³-hybridized carbons (Fsp3) is 0.611. The molecule has 1 aromatic carbocycles. The summed E-state index contributed by atoms with van der Waals surface area (Å²) in [5.74, 6) is 0.694. The Kier molecular flexibility index (Phi) is 9.25. The Morgan fingerprint density at radius 2 is 2.00 bits per heavy atom. The van der Waals surface area contributed by atoms with E-state index in [1.54, 1.807) is 0 Å². The molecular weight excluding hydrogens is 292 g/mol.